The number of carbonyl (C=O) groups is 2. The molecular formula is C17H18F6N4O2. The number of hydrogen-bond donors (Lipinski definition) is 2. The van der Waals surface area contributed by atoms with Gasteiger partial charge in [-0.2, -0.15) is 13.2 Å². The average molecular weight is 424 g/mol. The number of amidine groups is 1. The van der Waals surface area contributed by atoms with Crippen molar-refractivity contribution in [3.8, 4) is 0 Å². The molecule has 1 aromatic rings. The highest BCUT2D eigenvalue weighted by Gasteiger charge is 2.45. The zero-order valence-corrected chi connectivity index (χ0v) is 15.2. The minimum atomic E-state index is -4.63. The Balaban J connectivity index is 1.96. The molecule has 2 N–H and O–H groups in total. The van der Waals surface area contributed by atoms with Crippen molar-refractivity contribution in [1.29, 1.82) is 5.41 Å². The van der Waals surface area contributed by atoms with E-state index in [-0.39, 0.29) is 13.1 Å². The highest BCUT2D eigenvalue weighted by Crippen LogP contribution is 2.24. The lowest BCUT2D eigenvalue weighted by molar-refractivity contribution is -0.182. The van der Waals surface area contributed by atoms with Gasteiger partial charge in [0.15, 0.2) is 17.8 Å². The van der Waals surface area contributed by atoms with Gasteiger partial charge in [-0.1, -0.05) is 0 Å². The third-order valence-electron chi connectivity index (χ3n) is 4.37. The SMILES string of the molecule is CNC(N1CCN(C(=O)CC(=O)Cc2cc(F)c(F)cc2F)CC1=N)C(F)(F)F. The van der Waals surface area contributed by atoms with Crippen LogP contribution in [-0.4, -0.2) is 66.3 Å². The standard InChI is InChI=1S/C17H18F6N4O2/c1-25-16(17(21,22)23)27-3-2-26(8-14(27)24)15(29)6-10(28)4-9-5-12(19)13(20)7-11(9)18/h5,7,16,24-25H,2-4,6,8H2,1H3. The van der Waals surface area contributed by atoms with Crippen molar-refractivity contribution in [2.75, 3.05) is 26.7 Å². The fraction of sp³-hybridized carbons (Fsp3) is 0.471. The molecule has 2 rings (SSSR count). The van der Waals surface area contributed by atoms with E-state index in [1.165, 1.54) is 0 Å². The van der Waals surface area contributed by atoms with Crippen LogP contribution in [0.1, 0.15) is 12.0 Å². The molecule has 0 spiro atoms. The molecule has 0 aliphatic carbocycles. The van der Waals surface area contributed by atoms with E-state index >= 15 is 0 Å². The highest BCUT2D eigenvalue weighted by molar-refractivity contribution is 6.00. The number of ketones is 1. The van der Waals surface area contributed by atoms with Crippen LogP contribution in [0.25, 0.3) is 0 Å². The van der Waals surface area contributed by atoms with Gasteiger partial charge in [-0.15, -0.1) is 0 Å². The maximum absolute atomic E-state index is 13.6. The summed E-state index contributed by atoms with van der Waals surface area (Å²) >= 11 is 0. The number of alkyl halides is 3. The number of piperazine rings is 1. The first-order chi connectivity index (χ1) is 13.4. The number of carbonyl (C=O) groups excluding carboxylic acids is 2. The molecule has 1 amide bonds. The molecule has 1 heterocycles. The molecule has 1 atom stereocenters. The summed E-state index contributed by atoms with van der Waals surface area (Å²) in [5, 5.41) is 9.87. The summed E-state index contributed by atoms with van der Waals surface area (Å²) in [6, 6.07) is 0.815. The lowest BCUT2D eigenvalue weighted by Crippen LogP contribution is -2.62. The maximum atomic E-state index is 13.6. The number of rotatable bonds is 6. The number of benzene rings is 1. The zero-order chi connectivity index (χ0) is 21.9. The molecule has 1 unspecified atom stereocenters. The summed E-state index contributed by atoms with van der Waals surface area (Å²) in [4.78, 5) is 26.0. The fourth-order valence-corrected chi connectivity index (χ4v) is 2.96. The lowest BCUT2D eigenvalue weighted by Gasteiger charge is -2.41. The smallest absolute Gasteiger partial charge is 0.334 e. The van der Waals surface area contributed by atoms with Crippen LogP contribution in [0, 0.1) is 22.9 Å². The van der Waals surface area contributed by atoms with Gasteiger partial charge in [0.25, 0.3) is 0 Å². The van der Waals surface area contributed by atoms with Crippen molar-refractivity contribution in [2.45, 2.75) is 25.2 Å². The fourth-order valence-electron chi connectivity index (χ4n) is 2.96. The van der Waals surface area contributed by atoms with Crippen molar-refractivity contribution >= 4 is 17.5 Å². The van der Waals surface area contributed by atoms with Crippen molar-refractivity contribution in [2.24, 2.45) is 0 Å². The third kappa shape index (κ3) is 5.46. The van der Waals surface area contributed by atoms with Crippen LogP contribution in [0.15, 0.2) is 12.1 Å². The van der Waals surface area contributed by atoms with Gasteiger partial charge in [0.1, 0.15) is 17.4 Å². The Hall–Kier alpha value is -2.63. The molecule has 1 aliphatic rings. The molecule has 0 radical (unpaired) electrons. The molecule has 0 saturated carbocycles. The highest BCUT2D eigenvalue weighted by atomic mass is 19.4. The monoisotopic (exact) mass is 424 g/mol. The summed E-state index contributed by atoms with van der Waals surface area (Å²) in [6.07, 6.45) is -8.06. The topological polar surface area (TPSA) is 76.5 Å². The average Bonchev–Trinajstić information content (AvgIpc) is 2.60. The van der Waals surface area contributed by atoms with E-state index in [1.807, 2.05) is 0 Å². The van der Waals surface area contributed by atoms with Crippen LogP contribution >= 0.6 is 0 Å². The summed E-state index contributed by atoms with van der Waals surface area (Å²) in [7, 11) is 1.10. The molecular weight excluding hydrogens is 406 g/mol. The number of Topliss-reactive ketones (excluding diaryl/α,β-unsaturated/α-hetero) is 1. The molecule has 160 valence electrons. The largest absolute Gasteiger partial charge is 0.422 e. The van der Waals surface area contributed by atoms with Gasteiger partial charge in [-0.05, 0) is 18.7 Å². The Bertz CT molecular complexity index is 814. The number of halogens is 6. The van der Waals surface area contributed by atoms with Gasteiger partial charge in [0.2, 0.25) is 5.91 Å². The number of nitrogens with one attached hydrogen (secondary N) is 2. The van der Waals surface area contributed by atoms with E-state index in [9.17, 15) is 35.9 Å². The third-order valence-corrected chi connectivity index (χ3v) is 4.37. The van der Waals surface area contributed by atoms with Gasteiger partial charge < -0.3 is 9.80 Å². The van der Waals surface area contributed by atoms with E-state index in [0.29, 0.717) is 12.1 Å². The van der Waals surface area contributed by atoms with Crippen LogP contribution in [-0.2, 0) is 16.0 Å². The summed E-state index contributed by atoms with van der Waals surface area (Å²) in [6.45, 7) is -0.857. The zero-order valence-electron chi connectivity index (χ0n) is 15.2. The lowest BCUT2D eigenvalue weighted by atomic mass is 10.1. The molecule has 1 fully saturated rings. The predicted octanol–water partition coefficient (Wildman–Crippen LogP) is 1.83. The van der Waals surface area contributed by atoms with Crippen molar-refractivity contribution in [3.05, 3.63) is 35.1 Å². The molecule has 12 heteroatoms. The normalized spacial score (nSPS) is 16.2. The minimum Gasteiger partial charge on any atom is -0.334 e. The molecule has 1 aliphatic heterocycles. The van der Waals surface area contributed by atoms with E-state index in [2.05, 4.69) is 5.32 Å². The van der Waals surface area contributed by atoms with Crippen LogP contribution in [0.2, 0.25) is 0 Å². The minimum absolute atomic E-state index is 0.151. The number of nitrogens with zero attached hydrogens (tertiary/aromatic N) is 2. The van der Waals surface area contributed by atoms with Crippen molar-refractivity contribution in [1.82, 2.24) is 15.1 Å². The molecule has 0 bridgehead atoms. The molecule has 1 saturated heterocycles. The second-order valence-corrected chi connectivity index (χ2v) is 6.44. The molecule has 0 aromatic heterocycles. The van der Waals surface area contributed by atoms with E-state index in [4.69, 9.17) is 5.41 Å². The van der Waals surface area contributed by atoms with Gasteiger partial charge >= 0.3 is 6.18 Å². The predicted molar refractivity (Wildman–Crippen MR) is 89.6 cm³/mol. The Morgan fingerprint density at radius 3 is 2.31 bits per heavy atom. The number of amides is 1. The summed E-state index contributed by atoms with van der Waals surface area (Å²) in [5.74, 6) is -5.88. The Morgan fingerprint density at radius 1 is 1.14 bits per heavy atom. The van der Waals surface area contributed by atoms with Crippen LogP contribution in [0.3, 0.4) is 0 Å². The summed E-state index contributed by atoms with van der Waals surface area (Å²) < 4.78 is 78.7. The second kappa shape index (κ2) is 8.80. The van der Waals surface area contributed by atoms with E-state index < -0.39 is 72.3 Å². The van der Waals surface area contributed by atoms with Gasteiger partial charge in [-0.25, -0.2) is 13.2 Å². The first-order valence-corrected chi connectivity index (χ1v) is 8.45. The first kappa shape index (κ1) is 22.7. The van der Waals surface area contributed by atoms with Crippen molar-refractivity contribution < 1.29 is 35.9 Å². The quantitative estimate of drug-likeness (QED) is 0.415. The van der Waals surface area contributed by atoms with Gasteiger partial charge in [0.05, 0.1) is 13.0 Å². The van der Waals surface area contributed by atoms with Gasteiger partial charge in [0, 0.05) is 25.6 Å². The molecule has 6 nitrogen and oxygen atoms in total. The van der Waals surface area contributed by atoms with Crippen LogP contribution in [0.4, 0.5) is 26.3 Å². The summed E-state index contributed by atoms with van der Waals surface area (Å²) in [5.41, 5.74) is -0.415. The first-order valence-electron chi connectivity index (χ1n) is 8.45. The Morgan fingerprint density at radius 2 is 1.76 bits per heavy atom. The molecule has 29 heavy (non-hydrogen) atoms. The number of hydrogen-bond acceptors (Lipinski definition) is 4. The van der Waals surface area contributed by atoms with E-state index in [1.54, 1.807) is 0 Å². The molecule has 1 aromatic carbocycles. The van der Waals surface area contributed by atoms with E-state index in [0.717, 1.165) is 16.8 Å². The van der Waals surface area contributed by atoms with Crippen LogP contribution < -0.4 is 5.32 Å². The maximum Gasteiger partial charge on any atom is 0.422 e. The Labute approximate surface area is 162 Å². The second-order valence-electron chi connectivity index (χ2n) is 6.44. The Kier molecular flexibility index (Phi) is 6.88. The van der Waals surface area contributed by atoms with Gasteiger partial charge in [-0.3, -0.25) is 20.3 Å². The van der Waals surface area contributed by atoms with Crippen LogP contribution in [0.5, 0.6) is 0 Å². The van der Waals surface area contributed by atoms with Crippen molar-refractivity contribution in [3.63, 3.8) is 0 Å².